The standard InChI is InChI=1S/C36H40F2N2O5/c1-23-13-26(18-28(14-23)35(43)40-11-6-9-31(40)22-45-2)33(41)19-27(15-25-16-29(37)20-30(38)17-25)34(42)32-10-12-39(36(32)44)21-24-7-4-3-5-8-24/h3-5,7-8,13-14,16-18,20,27,31-32,34,42H,6,9-12,15,19,21-22H2,1-2H3/t27-,31-,32?,34+/m1/s1. The summed E-state index contributed by atoms with van der Waals surface area (Å²) in [4.78, 5) is 44.2. The van der Waals surface area contributed by atoms with Crippen molar-refractivity contribution >= 4 is 17.6 Å². The molecule has 2 aliphatic rings. The van der Waals surface area contributed by atoms with Gasteiger partial charge in [-0.2, -0.15) is 0 Å². The quantitative estimate of drug-likeness (QED) is 0.276. The number of aryl methyl sites for hydroxylation is 1. The summed E-state index contributed by atoms with van der Waals surface area (Å²) in [7, 11) is 1.60. The Balaban J connectivity index is 1.37. The monoisotopic (exact) mass is 618 g/mol. The maximum atomic E-state index is 14.1. The molecule has 2 heterocycles. The van der Waals surface area contributed by atoms with Gasteiger partial charge in [0.05, 0.1) is 24.7 Å². The van der Waals surface area contributed by atoms with Gasteiger partial charge < -0.3 is 19.6 Å². The molecule has 2 fully saturated rings. The fourth-order valence-corrected chi connectivity index (χ4v) is 6.77. The van der Waals surface area contributed by atoms with Gasteiger partial charge in [-0.05, 0) is 85.5 Å². The number of aliphatic hydroxyl groups is 1. The topological polar surface area (TPSA) is 87.2 Å². The first-order chi connectivity index (χ1) is 21.6. The lowest BCUT2D eigenvalue weighted by molar-refractivity contribution is -0.135. The van der Waals surface area contributed by atoms with Crippen LogP contribution in [-0.4, -0.2) is 71.5 Å². The number of rotatable bonds is 12. The van der Waals surface area contributed by atoms with Gasteiger partial charge >= 0.3 is 0 Å². The Morgan fingerprint density at radius 3 is 2.38 bits per heavy atom. The molecule has 9 heteroatoms. The van der Waals surface area contributed by atoms with E-state index in [-0.39, 0.29) is 42.0 Å². The maximum absolute atomic E-state index is 14.1. The zero-order chi connectivity index (χ0) is 32.1. The van der Waals surface area contributed by atoms with E-state index in [1.807, 2.05) is 37.3 Å². The van der Waals surface area contributed by atoms with Crippen LogP contribution in [0.1, 0.15) is 63.1 Å². The number of methoxy groups -OCH3 is 1. The molecule has 0 spiro atoms. The molecule has 4 atom stereocenters. The molecule has 3 aromatic rings. The minimum atomic E-state index is -1.22. The van der Waals surface area contributed by atoms with Crippen molar-refractivity contribution in [1.29, 1.82) is 0 Å². The van der Waals surface area contributed by atoms with E-state index in [2.05, 4.69) is 0 Å². The molecule has 2 saturated heterocycles. The number of halogens is 2. The average Bonchev–Trinajstić information content (AvgIpc) is 3.62. The molecule has 1 unspecified atom stereocenters. The zero-order valence-electron chi connectivity index (χ0n) is 25.8. The van der Waals surface area contributed by atoms with Crippen LogP contribution < -0.4 is 0 Å². The Bertz CT molecular complexity index is 1510. The molecule has 2 amide bonds. The number of ketones is 1. The Morgan fingerprint density at radius 1 is 0.956 bits per heavy atom. The number of amides is 2. The largest absolute Gasteiger partial charge is 0.392 e. The number of carbonyl (C=O) groups excluding carboxylic acids is 3. The van der Waals surface area contributed by atoms with Gasteiger partial charge in [-0.15, -0.1) is 0 Å². The van der Waals surface area contributed by atoms with Crippen LogP contribution in [0.25, 0.3) is 0 Å². The molecule has 0 radical (unpaired) electrons. The summed E-state index contributed by atoms with van der Waals surface area (Å²) in [6.07, 6.45) is 0.721. The van der Waals surface area contributed by atoms with E-state index in [4.69, 9.17) is 4.74 Å². The van der Waals surface area contributed by atoms with Crippen molar-refractivity contribution in [2.45, 2.75) is 57.7 Å². The SMILES string of the molecule is COC[C@H]1CCCN1C(=O)c1cc(C)cc(C(=O)C[C@@H](Cc2cc(F)cc(F)c2)[C@H](O)C2CCN(Cc3ccccc3)C2=O)c1. The molecule has 238 valence electrons. The van der Waals surface area contributed by atoms with Gasteiger partial charge in [-0.25, -0.2) is 8.78 Å². The van der Waals surface area contributed by atoms with Gasteiger partial charge in [-0.3, -0.25) is 14.4 Å². The number of benzene rings is 3. The second kappa shape index (κ2) is 14.4. The highest BCUT2D eigenvalue weighted by Crippen LogP contribution is 2.32. The number of hydrogen-bond donors (Lipinski definition) is 1. The molecule has 0 aromatic heterocycles. The first-order valence-corrected chi connectivity index (χ1v) is 15.5. The molecule has 0 aliphatic carbocycles. The third-order valence-electron chi connectivity index (χ3n) is 8.96. The Kier molecular flexibility index (Phi) is 10.4. The number of nitrogens with zero attached hydrogens (tertiary/aromatic N) is 2. The summed E-state index contributed by atoms with van der Waals surface area (Å²) in [5, 5.41) is 11.6. The van der Waals surface area contributed by atoms with Crippen molar-refractivity contribution in [2.75, 3.05) is 26.8 Å². The van der Waals surface area contributed by atoms with E-state index in [0.717, 1.165) is 30.0 Å². The van der Waals surface area contributed by atoms with E-state index in [1.165, 1.54) is 12.1 Å². The van der Waals surface area contributed by atoms with Crippen LogP contribution in [0, 0.1) is 30.4 Å². The van der Waals surface area contributed by atoms with Gasteiger partial charge in [0, 0.05) is 50.4 Å². The molecule has 5 rings (SSSR count). The molecule has 2 aliphatic heterocycles. The van der Waals surface area contributed by atoms with Gasteiger partial charge in [0.2, 0.25) is 5.91 Å². The summed E-state index contributed by atoms with van der Waals surface area (Å²) in [6, 6.07) is 17.7. The molecule has 0 bridgehead atoms. The summed E-state index contributed by atoms with van der Waals surface area (Å²) < 4.78 is 33.5. The Morgan fingerprint density at radius 2 is 1.67 bits per heavy atom. The van der Waals surface area contributed by atoms with E-state index in [1.54, 1.807) is 35.1 Å². The number of likely N-dealkylation sites (tertiary alicyclic amines) is 2. The average molecular weight is 619 g/mol. The molecule has 7 nitrogen and oxygen atoms in total. The summed E-state index contributed by atoms with van der Waals surface area (Å²) in [6.45, 7) is 3.72. The second-order valence-electron chi connectivity index (χ2n) is 12.3. The Hall–Kier alpha value is -3.95. The van der Waals surface area contributed by atoms with Crippen LogP contribution in [0.2, 0.25) is 0 Å². The van der Waals surface area contributed by atoms with E-state index < -0.39 is 29.6 Å². The fourth-order valence-electron chi connectivity index (χ4n) is 6.77. The molecule has 0 saturated carbocycles. The smallest absolute Gasteiger partial charge is 0.254 e. The van der Waals surface area contributed by atoms with E-state index in [9.17, 15) is 28.3 Å². The predicted molar refractivity (Wildman–Crippen MR) is 166 cm³/mol. The van der Waals surface area contributed by atoms with Crippen LogP contribution in [0.4, 0.5) is 8.78 Å². The number of carbonyl (C=O) groups is 3. The maximum Gasteiger partial charge on any atom is 0.254 e. The summed E-state index contributed by atoms with van der Waals surface area (Å²) in [5.41, 5.74) is 2.70. The van der Waals surface area contributed by atoms with E-state index >= 15 is 0 Å². The summed E-state index contributed by atoms with van der Waals surface area (Å²) >= 11 is 0. The van der Waals surface area contributed by atoms with Crippen LogP contribution in [0.3, 0.4) is 0 Å². The first-order valence-electron chi connectivity index (χ1n) is 15.5. The molecular weight excluding hydrogens is 578 g/mol. The highest BCUT2D eigenvalue weighted by Gasteiger charge is 2.40. The normalized spacial score (nSPS) is 19.6. The van der Waals surface area contributed by atoms with Crippen LogP contribution >= 0.6 is 0 Å². The first kappa shape index (κ1) is 32.4. The van der Waals surface area contributed by atoms with Crippen molar-refractivity contribution in [3.63, 3.8) is 0 Å². The van der Waals surface area contributed by atoms with Crippen molar-refractivity contribution in [3.05, 3.63) is 106 Å². The van der Waals surface area contributed by atoms with Gasteiger partial charge in [0.15, 0.2) is 5.78 Å². The zero-order valence-corrected chi connectivity index (χ0v) is 25.8. The van der Waals surface area contributed by atoms with Crippen LogP contribution in [0.5, 0.6) is 0 Å². The van der Waals surface area contributed by atoms with Crippen molar-refractivity contribution in [3.8, 4) is 0 Å². The third-order valence-corrected chi connectivity index (χ3v) is 8.96. The molecule has 45 heavy (non-hydrogen) atoms. The van der Waals surface area contributed by atoms with Gasteiger partial charge in [0.25, 0.3) is 5.91 Å². The van der Waals surface area contributed by atoms with Gasteiger partial charge in [-0.1, -0.05) is 30.3 Å². The number of hydrogen-bond acceptors (Lipinski definition) is 5. The third kappa shape index (κ3) is 7.83. The van der Waals surface area contributed by atoms with E-state index in [0.29, 0.717) is 43.8 Å². The molecule has 1 N–H and O–H groups in total. The number of Topliss-reactive ketones (excluding diaryl/α,β-unsaturated/α-hetero) is 1. The lowest BCUT2D eigenvalue weighted by Gasteiger charge is -2.27. The van der Waals surface area contributed by atoms with Crippen molar-refractivity contribution in [2.24, 2.45) is 11.8 Å². The molecule has 3 aromatic carbocycles. The van der Waals surface area contributed by atoms with Gasteiger partial charge in [0.1, 0.15) is 11.6 Å². The second-order valence-corrected chi connectivity index (χ2v) is 12.3. The van der Waals surface area contributed by atoms with Crippen molar-refractivity contribution < 1.29 is 33.0 Å². The lowest BCUT2D eigenvalue weighted by atomic mass is 9.81. The minimum absolute atomic E-state index is 0.00582. The highest BCUT2D eigenvalue weighted by molar-refractivity contribution is 6.01. The summed E-state index contributed by atoms with van der Waals surface area (Å²) in [5.74, 6) is -3.78. The highest BCUT2D eigenvalue weighted by atomic mass is 19.1. The fraction of sp³-hybridized carbons (Fsp3) is 0.417. The minimum Gasteiger partial charge on any atom is -0.392 e. The van der Waals surface area contributed by atoms with Crippen LogP contribution in [0.15, 0.2) is 66.7 Å². The lowest BCUT2D eigenvalue weighted by Crippen LogP contribution is -2.38. The number of aliphatic hydroxyl groups excluding tert-OH is 1. The Labute approximate surface area is 262 Å². The number of ether oxygens (including phenoxy) is 1. The van der Waals surface area contributed by atoms with Crippen LogP contribution in [-0.2, 0) is 22.5 Å². The molecular formula is C36H40F2N2O5. The predicted octanol–water partition coefficient (Wildman–Crippen LogP) is 5.37. The van der Waals surface area contributed by atoms with Crippen molar-refractivity contribution in [1.82, 2.24) is 9.80 Å².